The summed E-state index contributed by atoms with van der Waals surface area (Å²) in [6.45, 7) is 5.25. The predicted octanol–water partition coefficient (Wildman–Crippen LogP) is 2.59. The molecule has 0 aliphatic heterocycles. The fourth-order valence-corrected chi connectivity index (χ4v) is 4.45. The Labute approximate surface area is 169 Å². The zero-order valence-corrected chi connectivity index (χ0v) is 17.5. The smallest absolute Gasteiger partial charge is 0.255 e. The van der Waals surface area contributed by atoms with E-state index in [1.165, 1.54) is 36.0 Å². The molecule has 0 spiro atoms. The van der Waals surface area contributed by atoms with Gasteiger partial charge in [0, 0.05) is 16.0 Å². The first-order chi connectivity index (χ1) is 13.0. The van der Waals surface area contributed by atoms with E-state index < -0.39 is 21.5 Å². The van der Waals surface area contributed by atoms with E-state index in [2.05, 4.69) is 10.0 Å². The van der Waals surface area contributed by atoms with Crippen LogP contribution in [0.4, 0.5) is 5.69 Å². The fraction of sp³-hybridized carbons (Fsp3) is 0.263. The van der Waals surface area contributed by atoms with Gasteiger partial charge in [0.15, 0.2) is 0 Å². The summed E-state index contributed by atoms with van der Waals surface area (Å²) >= 11 is 1.23. The van der Waals surface area contributed by atoms with Crippen LogP contribution >= 0.6 is 11.8 Å². The van der Waals surface area contributed by atoms with Crippen molar-refractivity contribution in [1.82, 2.24) is 4.72 Å². The average molecular weight is 422 g/mol. The number of thioether (sulfide) groups is 1. The number of hydrogen-bond donors (Lipinski definition) is 3. The highest BCUT2D eigenvalue weighted by molar-refractivity contribution is 8.00. The van der Waals surface area contributed by atoms with Crippen molar-refractivity contribution < 1.29 is 18.0 Å². The van der Waals surface area contributed by atoms with E-state index in [1.54, 1.807) is 45.0 Å². The summed E-state index contributed by atoms with van der Waals surface area (Å²) in [5.41, 5.74) is 5.41. The van der Waals surface area contributed by atoms with Crippen molar-refractivity contribution in [2.45, 2.75) is 36.1 Å². The molecule has 2 amide bonds. The van der Waals surface area contributed by atoms with Gasteiger partial charge in [0.05, 0.1) is 16.3 Å². The number of carbonyl (C=O) groups is 2. The summed E-state index contributed by atoms with van der Waals surface area (Å²) in [6, 6.07) is 12.7. The quantitative estimate of drug-likeness (QED) is 0.594. The van der Waals surface area contributed by atoms with Crippen LogP contribution in [0.2, 0.25) is 0 Å². The average Bonchev–Trinajstić information content (AvgIpc) is 2.59. The summed E-state index contributed by atoms with van der Waals surface area (Å²) in [7, 11) is -3.67. The number of anilines is 1. The number of benzene rings is 2. The minimum atomic E-state index is -3.67. The van der Waals surface area contributed by atoms with Crippen molar-refractivity contribution in [2.24, 2.45) is 5.73 Å². The predicted molar refractivity (Wildman–Crippen MR) is 111 cm³/mol. The molecule has 2 aromatic carbocycles. The van der Waals surface area contributed by atoms with E-state index in [9.17, 15) is 18.0 Å². The lowest BCUT2D eigenvalue weighted by molar-refractivity contribution is -0.115. The SMILES string of the molecule is CC(C)(C)NS(=O)(=O)c1ccc(C(=O)Nc2ccccc2SCC(N)=O)cc1. The molecule has 0 aliphatic rings. The number of carbonyl (C=O) groups excluding carboxylic acids is 2. The molecule has 0 fully saturated rings. The molecule has 2 aromatic rings. The third kappa shape index (κ3) is 6.36. The molecule has 0 unspecified atom stereocenters. The Kier molecular flexibility index (Phi) is 6.87. The van der Waals surface area contributed by atoms with Crippen LogP contribution in [0.25, 0.3) is 0 Å². The molecule has 0 saturated heterocycles. The van der Waals surface area contributed by atoms with Crippen LogP contribution in [0, 0.1) is 0 Å². The Morgan fingerprint density at radius 1 is 1.04 bits per heavy atom. The maximum Gasteiger partial charge on any atom is 0.255 e. The van der Waals surface area contributed by atoms with Crippen LogP contribution in [-0.4, -0.2) is 31.5 Å². The Balaban J connectivity index is 2.15. The van der Waals surface area contributed by atoms with Crippen molar-refractivity contribution in [1.29, 1.82) is 0 Å². The molecule has 0 radical (unpaired) electrons. The van der Waals surface area contributed by atoms with E-state index in [1.807, 2.05) is 0 Å². The number of para-hydroxylation sites is 1. The zero-order chi connectivity index (χ0) is 20.9. The molecule has 0 saturated carbocycles. The monoisotopic (exact) mass is 421 g/mol. The Hall–Kier alpha value is -2.36. The second-order valence-corrected chi connectivity index (χ2v) is 9.78. The number of hydrogen-bond acceptors (Lipinski definition) is 5. The molecule has 7 nitrogen and oxygen atoms in total. The normalized spacial score (nSPS) is 11.8. The first kappa shape index (κ1) is 21.9. The standard InChI is InChI=1S/C19H23N3O4S2/c1-19(2,3)22-28(25,26)14-10-8-13(9-11-14)18(24)21-15-6-4-5-7-16(15)27-12-17(20)23/h4-11,22H,12H2,1-3H3,(H2,20,23)(H,21,24). The van der Waals surface area contributed by atoms with Crippen molar-refractivity contribution in [2.75, 3.05) is 11.1 Å². The Morgan fingerprint density at radius 3 is 2.21 bits per heavy atom. The number of primary amides is 1. The van der Waals surface area contributed by atoms with Crippen molar-refractivity contribution in [3.05, 3.63) is 54.1 Å². The van der Waals surface area contributed by atoms with Gasteiger partial charge < -0.3 is 11.1 Å². The van der Waals surface area contributed by atoms with E-state index >= 15 is 0 Å². The highest BCUT2D eigenvalue weighted by atomic mass is 32.2. The van der Waals surface area contributed by atoms with Gasteiger partial charge in [-0.05, 0) is 57.2 Å². The van der Waals surface area contributed by atoms with Gasteiger partial charge in [-0.2, -0.15) is 0 Å². The highest BCUT2D eigenvalue weighted by Crippen LogP contribution is 2.27. The van der Waals surface area contributed by atoms with E-state index in [0.29, 0.717) is 16.1 Å². The van der Waals surface area contributed by atoms with Gasteiger partial charge in [0.25, 0.3) is 5.91 Å². The van der Waals surface area contributed by atoms with Crippen LogP contribution in [0.5, 0.6) is 0 Å². The molecule has 0 atom stereocenters. The lowest BCUT2D eigenvalue weighted by Crippen LogP contribution is -2.40. The van der Waals surface area contributed by atoms with Gasteiger partial charge >= 0.3 is 0 Å². The number of amides is 2. The molecule has 0 heterocycles. The van der Waals surface area contributed by atoms with Crippen LogP contribution in [0.15, 0.2) is 58.3 Å². The second-order valence-electron chi connectivity index (χ2n) is 7.09. The minimum absolute atomic E-state index is 0.0800. The van der Waals surface area contributed by atoms with E-state index in [-0.39, 0.29) is 16.6 Å². The van der Waals surface area contributed by atoms with Gasteiger partial charge in [-0.25, -0.2) is 13.1 Å². The minimum Gasteiger partial charge on any atom is -0.369 e. The maximum atomic E-state index is 12.5. The number of nitrogens with one attached hydrogen (secondary N) is 2. The second kappa shape index (κ2) is 8.76. The summed E-state index contributed by atoms with van der Waals surface area (Å²) < 4.78 is 27.2. The summed E-state index contributed by atoms with van der Waals surface area (Å²) in [6.07, 6.45) is 0. The van der Waals surface area contributed by atoms with Crippen LogP contribution in [-0.2, 0) is 14.8 Å². The van der Waals surface area contributed by atoms with Crippen LogP contribution in [0.3, 0.4) is 0 Å². The number of sulfonamides is 1. The number of nitrogens with two attached hydrogens (primary N) is 1. The van der Waals surface area contributed by atoms with Gasteiger partial charge in [-0.1, -0.05) is 12.1 Å². The van der Waals surface area contributed by atoms with Gasteiger partial charge in [0.1, 0.15) is 0 Å². The molecule has 0 aliphatic carbocycles. The van der Waals surface area contributed by atoms with Crippen molar-refractivity contribution >= 4 is 39.3 Å². The molecule has 9 heteroatoms. The summed E-state index contributed by atoms with van der Waals surface area (Å²) in [4.78, 5) is 24.3. The van der Waals surface area contributed by atoms with Gasteiger partial charge in [0.2, 0.25) is 15.9 Å². The third-order valence-corrected chi connectivity index (χ3v) is 6.24. The molecular formula is C19H23N3O4S2. The van der Waals surface area contributed by atoms with Crippen LogP contribution < -0.4 is 15.8 Å². The molecule has 0 aromatic heterocycles. The molecule has 2 rings (SSSR count). The third-order valence-electron chi connectivity index (χ3n) is 3.37. The molecule has 28 heavy (non-hydrogen) atoms. The Morgan fingerprint density at radius 2 is 1.64 bits per heavy atom. The zero-order valence-electron chi connectivity index (χ0n) is 15.9. The first-order valence-corrected chi connectivity index (χ1v) is 10.9. The largest absolute Gasteiger partial charge is 0.369 e. The molecular weight excluding hydrogens is 398 g/mol. The van der Waals surface area contributed by atoms with Gasteiger partial charge in [-0.3, -0.25) is 9.59 Å². The lowest BCUT2D eigenvalue weighted by Gasteiger charge is -2.20. The Bertz CT molecular complexity index is 965. The summed E-state index contributed by atoms with van der Waals surface area (Å²) in [5.74, 6) is -0.744. The van der Waals surface area contributed by atoms with E-state index in [0.717, 1.165) is 0 Å². The molecule has 0 bridgehead atoms. The van der Waals surface area contributed by atoms with Gasteiger partial charge in [-0.15, -0.1) is 11.8 Å². The van der Waals surface area contributed by atoms with Crippen molar-refractivity contribution in [3.8, 4) is 0 Å². The number of rotatable bonds is 7. The molecule has 150 valence electrons. The van der Waals surface area contributed by atoms with E-state index in [4.69, 9.17) is 5.73 Å². The highest BCUT2D eigenvalue weighted by Gasteiger charge is 2.22. The van der Waals surface area contributed by atoms with Crippen molar-refractivity contribution in [3.63, 3.8) is 0 Å². The first-order valence-electron chi connectivity index (χ1n) is 8.43. The maximum absolute atomic E-state index is 12.5. The fourth-order valence-electron chi connectivity index (χ4n) is 2.29. The lowest BCUT2D eigenvalue weighted by atomic mass is 10.1. The topological polar surface area (TPSA) is 118 Å². The summed E-state index contributed by atoms with van der Waals surface area (Å²) in [5, 5.41) is 2.77. The molecule has 4 N–H and O–H groups in total. The van der Waals surface area contributed by atoms with Crippen LogP contribution in [0.1, 0.15) is 31.1 Å².